The lowest BCUT2D eigenvalue weighted by atomic mass is 10.0. The van der Waals surface area contributed by atoms with Gasteiger partial charge in [0.2, 0.25) is 0 Å². The Morgan fingerprint density at radius 1 is 0.903 bits per heavy atom. The van der Waals surface area contributed by atoms with Gasteiger partial charge in [-0.1, -0.05) is 30.3 Å². The van der Waals surface area contributed by atoms with Gasteiger partial charge in [-0.15, -0.1) is 0 Å². The lowest BCUT2D eigenvalue weighted by Crippen LogP contribution is -2.55. The summed E-state index contributed by atoms with van der Waals surface area (Å²) in [6.07, 6.45) is 2.53. The SMILES string of the molecule is CN1CCCC(N2CCN(C(=O)c3ccccc3OCCOc3ccccc3)CC2)C1. The second-order valence-electron chi connectivity index (χ2n) is 8.39. The van der Waals surface area contributed by atoms with Crippen molar-refractivity contribution in [1.82, 2.24) is 14.7 Å². The van der Waals surface area contributed by atoms with Crippen LogP contribution in [0.2, 0.25) is 0 Å². The number of hydrogen-bond acceptors (Lipinski definition) is 5. The Balaban J connectivity index is 1.29. The van der Waals surface area contributed by atoms with E-state index >= 15 is 0 Å². The standard InChI is InChI=1S/C25H33N3O3/c1-26-13-7-8-21(20-26)27-14-16-28(17-15-27)25(29)23-11-5-6-12-24(23)31-19-18-30-22-9-3-2-4-10-22/h2-6,9-12,21H,7-8,13-20H2,1H3. The van der Waals surface area contributed by atoms with Gasteiger partial charge in [0.05, 0.1) is 5.56 Å². The van der Waals surface area contributed by atoms with Crippen molar-refractivity contribution in [2.24, 2.45) is 0 Å². The number of benzene rings is 2. The highest BCUT2D eigenvalue weighted by molar-refractivity contribution is 5.97. The van der Waals surface area contributed by atoms with Gasteiger partial charge < -0.3 is 19.3 Å². The molecule has 31 heavy (non-hydrogen) atoms. The van der Waals surface area contributed by atoms with E-state index in [1.807, 2.05) is 59.5 Å². The van der Waals surface area contributed by atoms with Crippen molar-refractivity contribution in [2.75, 3.05) is 59.5 Å². The molecule has 4 rings (SSSR count). The Morgan fingerprint density at radius 2 is 1.61 bits per heavy atom. The molecule has 2 aliphatic rings. The van der Waals surface area contributed by atoms with Crippen molar-refractivity contribution in [3.63, 3.8) is 0 Å². The summed E-state index contributed by atoms with van der Waals surface area (Å²) >= 11 is 0. The van der Waals surface area contributed by atoms with Crippen LogP contribution in [0.4, 0.5) is 0 Å². The molecule has 166 valence electrons. The Labute approximate surface area is 185 Å². The Kier molecular flexibility index (Phi) is 7.43. The van der Waals surface area contributed by atoms with E-state index in [1.54, 1.807) is 0 Å². The molecule has 0 aromatic heterocycles. The third kappa shape index (κ3) is 5.77. The summed E-state index contributed by atoms with van der Waals surface area (Å²) in [4.78, 5) is 20.1. The molecule has 0 bridgehead atoms. The first-order valence-corrected chi connectivity index (χ1v) is 11.3. The van der Waals surface area contributed by atoms with Gasteiger partial charge in [0, 0.05) is 38.8 Å². The maximum atomic E-state index is 13.2. The van der Waals surface area contributed by atoms with Gasteiger partial charge in [0.1, 0.15) is 24.7 Å². The van der Waals surface area contributed by atoms with E-state index in [9.17, 15) is 4.79 Å². The minimum atomic E-state index is 0.0555. The van der Waals surface area contributed by atoms with E-state index in [4.69, 9.17) is 9.47 Å². The highest BCUT2D eigenvalue weighted by Gasteiger charge is 2.29. The Bertz CT molecular complexity index is 837. The number of piperidine rings is 1. The average molecular weight is 424 g/mol. The summed E-state index contributed by atoms with van der Waals surface area (Å²) < 4.78 is 11.6. The van der Waals surface area contributed by atoms with Crippen LogP contribution in [0.15, 0.2) is 54.6 Å². The molecule has 0 spiro atoms. The molecule has 2 aliphatic heterocycles. The number of nitrogens with zero attached hydrogens (tertiary/aromatic N) is 3. The van der Waals surface area contributed by atoms with Gasteiger partial charge in [0.25, 0.3) is 5.91 Å². The molecule has 2 saturated heterocycles. The second kappa shape index (κ2) is 10.6. The number of ether oxygens (including phenoxy) is 2. The van der Waals surface area contributed by atoms with Crippen molar-refractivity contribution in [2.45, 2.75) is 18.9 Å². The van der Waals surface area contributed by atoms with Crippen molar-refractivity contribution >= 4 is 5.91 Å². The predicted octanol–water partition coefficient (Wildman–Crippen LogP) is 3.00. The average Bonchev–Trinajstić information content (AvgIpc) is 2.82. The predicted molar refractivity (Wildman–Crippen MR) is 122 cm³/mol. The molecular weight excluding hydrogens is 390 g/mol. The van der Waals surface area contributed by atoms with Gasteiger partial charge in [-0.2, -0.15) is 0 Å². The number of likely N-dealkylation sites (N-methyl/N-ethyl adjacent to an activating group) is 1. The van der Waals surface area contributed by atoms with Crippen molar-refractivity contribution in [3.05, 3.63) is 60.2 Å². The summed E-state index contributed by atoms with van der Waals surface area (Å²) in [6.45, 7) is 6.58. The number of likely N-dealkylation sites (tertiary alicyclic amines) is 1. The fourth-order valence-electron chi connectivity index (χ4n) is 4.49. The van der Waals surface area contributed by atoms with Crippen LogP contribution in [-0.4, -0.2) is 86.2 Å². The van der Waals surface area contributed by atoms with Gasteiger partial charge in [-0.05, 0) is 50.7 Å². The lowest BCUT2D eigenvalue weighted by molar-refractivity contribution is 0.0449. The first-order valence-electron chi connectivity index (χ1n) is 11.3. The zero-order valence-corrected chi connectivity index (χ0v) is 18.4. The smallest absolute Gasteiger partial charge is 0.257 e. The Morgan fingerprint density at radius 3 is 2.39 bits per heavy atom. The number of amides is 1. The number of piperazine rings is 1. The van der Waals surface area contributed by atoms with Crippen LogP contribution in [0, 0.1) is 0 Å². The van der Waals surface area contributed by atoms with Crippen molar-refractivity contribution < 1.29 is 14.3 Å². The van der Waals surface area contributed by atoms with Gasteiger partial charge in [-0.25, -0.2) is 0 Å². The van der Waals surface area contributed by atoms with Gasteiger partial charge in [-0.3, -0.25) is 9.69 Å². The Hall–Kier alpha value is -2.57. The fourth-order valence-corrected chi connectivity index (χ4v) is 4.49. The van der Waals surface area contributed by atoms with Crippen LogP contribution < -0.4 is 9.47 Å². The first kappa shape index (κ1) is 21.7. The second-order valence-corrected chi connectivity index (χ2v) is 8.39. The zero-order valence-electron chi connectivity index (χ0n) is 18.4. The van der Waals surface area contributed by atoms with E-state index in [0.717, 1.165) is 38.5 Å². The van der Waals surface area contributed by atoms with Crippen LogP contribution >= 0.6 is 0 Å². The summed E-state index contributed by atoms with van der Waals surface area (Å²) in [5.41, 5.74) is 0.632. The van der Waals surface area contributed by atoms with Gasteiger partial charge >= 0.3 is 0 Å². The van der Waals surface area contributed by atoms with E-state index in [-0.39, 0.29) is 5.91 Å². The lowest BCUT2D eigenvalue weighted by Gasteiger charge is -2.42. The fraction of sp³-hybridized carbons (Fsp3) is 0.480. The van der Waals surface area contributed by atoms with Gasteiger partial charge in [0.15, 0.2) is 0 Å². The van der Waals surface area contributed by atoms with Crippen LogP contribution in [0.5, 0.6) is 11.5 Å². The largest absolute Gasteiger partial charge is 0.490 e. The quantitative estimate of drug-likeness (QED) is 0.641. The van der Waals surface area contributed by atoms with Crippen LogP contribution in [-0.2, 0) is 0 Å². The van der Waals surface area contributed by atoms with E-state index in [2.05, 4.69) is 16.8 Å². The summed E-state index contributed by atoms with van der Waals surface area (Å²) in [5, 5.41) is 0. The first-order chi connectivity index (χ1) is 15.2. The minimum Gasteiger partial charge on any atom is -0.490 e. The highest BCUT2D eigenvalue weighted by atomic mass is 16.5. The molecule has 6 nitrogen and oxygen atoms in total. The molecule has 1 unspecified atom stereocenters. The zero-order chi connectivity index (χ0) is 21.5. The van der Waals surface area contributed by atoms with Crippen LogP contribution in [0.3, 0.4) is 0 Å². The molecule has 1 amide bonds. The summed E-state index contributed by atoms with van der Waals surface area (Å²) in [6, 6.07) is 17.8. The van der Waals surface area contributed by atoms with E-state index in [0.29, 0.717) is 30.6 Å². The molecule has 2 aromatic rings. The third-order valence-electron chi connectivity index (χ3n) is 6.19. The number of rotatable bonds is 7. The van der Waals surface area contributed by atoms with Crippen molar-refractivity contribution in [3.8, 4) is 11.5 Å². The monoisotopic (exact) mass is 423 g/mol. The number of carbonyl (C=O) groups is 1. The van der Waals surface area contributed by atoms with Crippen LogP contribution in [0.25, 0.3) is 0 Å². The molecule has 2 heterocycles. The molecule has 2 fully saturated rings. The number of para-hydroxylation sites is 2. The summed E-state index contributed by atoms with van der Waals surface area (Å²) in [5.74, 6) is 1.50. The number of hydrogen-bond donors (Lipinski definition) is 0. The molecule has 0 saturated carbocycles. The molecule has 0 aliphatic carbocycles. The molecule has 0 radical (unpaired) electrons. The van der Waals surface area contributed by atoms with Crippen LogP contribution in [0.1, 0.15) is 23.2 Å². The summed E-state index contributed by atoms with van der Waals surface area (Å²) in [7, 11) is 2.20. The van der Waals surface area contributed by atoms with Crippen molar-refractivity contribution in [1.29, 1.82) is 0 Å². The number of carbonyl (C=O) groups excluding carboxylic acids is 1. The molecule has 0 N–H and O–H groups in total. The maximum Gasteiger partial charge on any atom is 0.257 e. The normalized spacial score (nSPS) is 20.4. The molecule has 2 aromatic carbocycles. The highest BCUT2D eigenvalue weighted by Crippen LogP contribution is 2.22. The molecule has 1 atom stereocenters. The molecular formula is C25H33N3O3. The minimum absolute atomic E-state index is 0.0555. The van der Waals surface area contributed by atoms with E-state index < -0.39 is 0 Å². The maximum absolute atomic E-state index is 13.2. The topological polar surface area (TPSA) is 45.2 Å². The third-order valence-corrected chi connectivity index (χ3v) is 6.19. The van der Waals surface area contributed by atoms with E-state index in [1.165, 1.54) is 19.4 Å². The molecule has 6 heteroatoms.